The van der Waals surface area contributed by atoms with Crippen molar-refractivity contribution in [1.82, 2.24) is 5.32 Å². The average molecular weight is 396 g/mol. The van der Waals surface area contributed by atoms with Gasteiger partial charge in [-0.25, -0.2) is 4.99 Å². The lowest BCUT2D eigenvalue weighted by Crippen LogP contribution is -2.49. The van der Waals surface area contributed by atoms with Crippen LogP contribution in [-0.2, 0) is 0 Å². The summed E-state index contributed by atoms with van der Waals surface area (Å²) < 4.78 is 5.89. The van der Waals surface area contributed by atoms with Gasteiger partial charge < -0.3 is 15.2 Å². The van der Waals surface area contributed by atoms with E-state index in [0.29, 0.717) is 27.6 Å². The number of nitrogens with one attached hydrogen (secondary N) is 2. The molecule has 7 nitrogen and oxygen atoms in total. The Bertz CT molecular complexity index is 989. The zero-order valence-corrected chi connectivity index (χ0v) is 16.0. The van der Waals surface area contributed by atoms with Crippen molar-refractivity contribution in [3.63, 3.8) is 0 Å². The minimum Gasteiger partial charge on any atom is -0.485 e. The number of guanidine groups is 1. The predicted octanol–water partition coefficient (Wildman–Crippen LogP) is 3.32. The summed E-state index contributed by atoms with van der Waals surface area (Å²) in [6.07, 6.45) is 0.833. The second-order valence-electron chi connectivity index (χ2n) is 6.81. The third-order valence-corrected chi connectivity index (χ3v) is 4.64. The third kappa shape index (κ3) is 4.01. The topological polar surface area (TPSA) is 113 Å². The highest BCUT2D eigenvalue weighted by atomic mass is 35.5. The van der Waals surface area contributed by atoms with E-state index in [9.17, 15) is 10.4 Å². The van der Waals surface area contributed by atoms with Crippen LogP contribution in [0.25, 0.3) is 0 Å². The van der Waals surface area contributed by atoms with Gasteiger partial charge in [-0.2, -0.15) is 10.5 Å². The summed E-state index contributed by atoms with van der Waals surface area (Å²) >= 11 is 5.90. The summed E-state index contributed by atoms with van der Waals surface area (Å²) in [5, 5.41) is 35.2. The molecule has 142 valence electrons. The maximum absolute atomic E-state index is 10.9. The van der Waals surface area contributed by atoms with E-state index in [2.05, 4.69) is 21.7 Å². The second-order valence-corrected chi connectivity index (χ2v) is 7.24. The number of anilines is 1. The highest BCUT2D eigenvalue weighted by molar-refractivity contribution is 6.30. The summed E-state index contributed by atoms with van der Waals surface area (Å²) in [6.45, 7) is 3.51. The number of nitriles is 2. The maximum atomic E-state index is 10.9. The van der Waals surface area contributed by atoms with Crippen molar-refractivity contribution in [3.8, 4) is 18.0 Å². The summed E-state index contributed by atoms with van der Waals surface area (Å²) in [6, 6.07) is 13.2. The molecule has 1 aliphatic rings. The van der Waals surface area contributed by atoms with Crippen LogP contribution in [0.15, 0.2) is 47.5 Å². The first kappa shape index (κ1) is 19.5. The minimum atomic E-state index is -1.00. The van der Waals surface area contributed by atoms with Crippen LogP contribution in [0.1, 0.15) is 31.0 Å². The van der Waals surface area contributed by atoms with E-state index in [1.54, 1.807) is 56.3 Å². The molecule has 28 heavy (non-hydrogen) atoms. The van der Waals surface area contributed by atoms with E-state index in [0.717, 1.165) is 0 Å². The van der Waals surface area contributed by atoms with Crippen molar-refractivity contribution >= 4 is 23.2 Å². The molecular weight excluding hydrogens is 378 g/mol. The van der Waals surface area contributed by atoms with Gasteiger partial charge in [0.25, 0.3) is 0 Å². The number of hydrogen-bond acceptors (Lipinski definition) is 5. The Balaban J connectivity index is 2.03. The van der Waals surface area contributed by atoms with Gasteiger partial charge in [-0.15, -0.1) is 0 Å². The number of aliphatic imine (C=N–C) groups is 1. The van der Waals surface area contributed by atoms with Crippen LogP contribution < -0.4 is 15.4 Å². The SMILES string of the molecule is CC1(C)Oc2ccc(C#N)cc2C(N=C(NC#N)Nc2ccc(Cl)cc2)C1O. The largest absolute Gasteiger partial charge is 0.485 e. The molecule has 2 atom stereocenters. The number of hydrogen-bond donors (Lipinski definition) is 3. The number of benzene rings is 2. The van der Waals surface area contributed by atoms with E-state index in [4.69, 9.17) is 21.6 Å². The van der Waals surface area contributed by atoms with Crippen LogP contribution in [0.5, 0.6) is 5.75 Å². The standard InChI is InChI=1S/C20H18ClN5O2/c1-20(2)18(27)17(15-9-12(10-22)3-8-16(15)28-20)26-19(24-11-23)25-14-6-4-13(21)5-7-14/h3-9,17-18,27H,1-2H3,(H2,24,25,26). The Labute approximate surface area is 167 Å². The average Bonchev–Trinajstić information content (AvgIpc) is 2.67. The van der Waals surface area contributed by atoms with Gasteiger partial charge in [-0.1, -0.05) is 11.6 Å². The highest BCUT2D eigenvalue weighted by Crippen LogP contribution is 2.42. The molecule has 0 bridgehead atoms. The Hall–Kier alpha value is -3.26. The monoisotopic (exact) mass is 395 g/mol. The van der Waals surface area contributed by atoms with Crippen molar-refractivity contribution < 1.29 is 9.84 Å². The zero-order chi connectivity index (χ0) is 20.3. The Morgan fingerprint density at radius 3 is 2.57 bits per heavy atom. The number of aliphatic hydroxyl groups is 1. The van der Waals surface area contributed by atoms with Crippen LogP contribution in [0, 0.1) is 22.8 Å². The molecule has 3 N–H and O–H groups in total. The molecule has 1 aliphatic heterocycles. The lowest BCUT2D eigenvalue weighted by atomic mass is 9.86. The Morgan fingerprint density at radius 1 is 1.21 bits per heavy atom. The Morgan fingerprint density at radius 2 is 1.93 bits per heavy atom. The molecular formula is C20H18ClN5O2. The molecule has 8 heteroatoms. The lowest BCUT2D eigenvalue weighted by Gasteiger charge is -2.40. The summed E-state index contributed by atoms with van der Waals surface area (Å²) in [7, 11) is 0. The quantitative estimate of drug-likeness (QED) is 0.311. The van der Waals surface area contributed by atoms with Crippen LogP contribution in [0.3, 0.4) is 0 Å². The molecule has 0 saturated carbocycles. The molecule has 0 aromatic heterocycles. The molecule has 0 amide bonds. The van der Waals surface area contributed by atoms with Gasteiger partial charge in [0.1, 0.15) is 23.5 Å². The molecule has 0 aliphatic carbocycles. The number of nitrogens with zero attached hydrogens (tertiary/aromatic N) is 3. The molecule has 0 radical (unpaired) electrons. The maximum Gasteiger partial charge on any atom is 0.209 e. The van der Waals surface area contributed by atoms with Gasteiger partial charge in [0.2, 0.25) is 5.96 Å². The van der Waals surface area contributed by atoms with Gasteiger partial charge >= 0.3 is 0 Å². The molecule has 2 aromatic carbocycles. The first-order chi connectivity index (χ1) is 13.3. The van der Waals surface area contributed by atoms with E-state index in [1.807, 2.05) is 6.19 Å². The molecule has 2 aromatic rings. The number of ether oxygens (including phenoxy) is 1. The van der Waals surface area contributed by atoms with Gasteiger partial charge in [0.05, 0.1) is 11.6 Å². The van der Waals surface area contributed by atoms with Gasteiger partial charge in [0, 0.05) is 16.3 Å². The smallest absolute Gasteiger partial charge is 0.209 e. The van der Waals surface area contributed by atoms with Gasteiger partial charge in [-0.05, 0) is 56.3 Å². The lowest BCUT2D eigenvalue weighted by molar-refractivity contribution is -0.0567. The normalized spacial score (nSPS) is 20.1. The van der Waals surface area contributed by atoms with Crippen molar-refractivity contribution in [2.45, 2.75) is 31.6 Å². The molecule has 1 heterocycles. The Kier molecular flexibility index (Phi) is 5.41. The number of fused-ring (bicyclic) bond motifs is 1. The fourth-order valence-electron chi connectivity index (χ4n) is 2.93. The second kappa shape index (κ2) is 7.77. The summed E-state index contributed by atoms with van der Waals surface area (Å²) in [5.74, 6) is 0.686. The molecule has 2 unspecified atom stereocenters. The zero-order valence-electron chi connectivity index (χ0n) is 15.3. The first-order valence-electron chi connectivity index (χ1n) is 8.50. The fraction of sp³-hybridized carbons (Fsp3) is 0.250. The third-order valence-electron chi connectivity index (χ3n) is 4.39. The van der Waals surface area contributed by atoms with Crippen molar-refractivity contribution in [2.75, 3.05) is 5.32 Å². The van der Waals surface area contributed by atoms with E-state index in [-0.39, 0.29) is 5.96 Å². The van der Waals surface area contributed by atoms with Crippen molar-refractivity contribution in [3.05, 3.63) is 58.6 Å². The van der Waals surface area contributed by atoms with Crippen LogP contribution in [0.2, 0.25) is 5.02 Å². The summed E-state index contributed by atoms with van der Waals surface area (Å²) in [4.78, 5) is 4.54. The van der Waals surface area contributed by atoms with Crippen molar-refractivity contribution in [2.24, 2.45) is 4.99 Å². The number of halogens is 1. The first-order valence-corrected chi connectivity index (χ1v) is 8.88. The van der Waals surface area contributed by atoms with Crippen LogP contribution in [0.4, 0.5) is 5.69 Å². The van der Waals surface area contributed by atoms with Gasteiger partial charge in [0.15, 0.2) is 6.19 Å². The van der Waals surface area contributed by atoms with Crippen molar-refractivity contribution in [1.29, 1.82) is 10.5 Å². The fourth-order valence-corrected chi connectivity index (χ4v) is 3.06. The predicted molar refractivity (Wildman–Crippen MR) is 106 cm³/mol. The number of rotatable bonds is 2. The molecule has 0 saturated heterocycles. The van der Waals surface area contributed by atoms with Crippen LogP contribution in [-0.4, -0.2) is 22.8 Å². The molecule has 3 rings (SSSR count). The minimum absolute atomic E-state index is 0.153. The molecule has 0 spiro atoms. The molecule has 0 fully saturated rings. The number of aliphatic hydroxyl groups excluding tert-OH is 1. The van der Waals surface area contributed by atoms with E-state index in [1.165, 1.54) is 0 Å². The van der Waals surface area contributed by atoms with E-state index < -0.39 is 17.7 Å². The van der Waals surface area contributed by atoms with E-state index >= 15 is 0 Å². The van der Waals surface area contributed by atoms with Gasteiger partial charge in [-0.3, -0.25) is 5.32 Å². The highest BCUT2D eigenvalue weighted by Gasteiger charge is 2.43. The van der Waals surface area contributed by atoms with Crippen LogP contribution >= 0.6 is 11.6 Å². The summed E-state index contributed by atoms with van der Waals surface area (Å²) in [5.41, 5.74) is 0.751.